The van der Waals surface area contributed by atoms with Crippen molar-refractivity contribution in [3.05, 3.63) is 88.4 Å². The number of carbonyl (C=O) groups is 2. The predicted octanol–water partition coefficient (Wildman–Crippen LogP) is 3.47. The molecule has 0 saturated heterocycles. The Labute approximate surface area is 179 Å². The van der Waals surface area contributed by atoms with Crippen molar-refractivity contribution >= 4 is 34.1 Å². The molecule has 32 heavy (non-hydrogen) atoms. The minimum Gasteiger partial charge on any atom is -0.469 e. The first-order valence-corrected chi connectivity index (χ1v) is 9.41. The Morgan fingerprint density at radius 1 is 1.09 bits per heavy atom. The van der Waals surface area contributed by atoms with Crippen LogP contribution in [0, 0.1) is 18.6 Å². The van der Waals surface area contributed by atoms with E-state index in [-0.39, 0.29) is 22.3 Å². The zero-order valence-electron chi connectivity index (χ0n) is 16.7. The van der Waals surface area contributed by atoms with Gasteiger partial charge in [0, 0.05) is 5.69 Å². The van der Waals surface area contributed by atoms with E-state index in [9.17, 15) is 23.2 Å². The first-order chi connectivity index (χ1) is 15.3. The number of nitrogens with one attached hydrogen (secondary N) is 2. The maximum absolute atomic E-state index is 14.2. The molecule has 4 aromatic rings. The van der Waals surface area contributed by atoms with Gasteiger partial charge in [0.15, 0.2) is 0 Å². The third-order valence-corrected chi connectivity index (χ3v) is 4.70. The molecule has 4 rings (SSSR count). The average Bonchev–Trinajstić information content (AvgIpc) is 3.19. The molecule has 2 heterocycles. The number of benzene rings is 2. The van der Waals surface area contributed by atoms with Crippen molar-refractivity contribution in [1.29, 1.82) is 0 Å². The molecule has 0 saturated carbocycles. The molecule has 162 valence electrons. The lowest BCUT2D eigenvalue weighted by Crippen LogP contribution is -2.28. The maximum Gasteiger partial charge on any atom is 0.261 e. The van der Waals surface area contributed by atoms with Crippen LogP contribution in [0.5, 0.6) is 0 Å². The van der Waals surface area contributed by atoms with Gasteiger partial charge in [-0.25, -0.2) is 13.8 Å². The van der Waals surface area contributed by atoms with E-state index >= 15 is 0 Å². The van der Waals surface area contributed by atoms with E-state index in [1.165, 1.54) is 42.9 Å². The zero-order chi connectivity index (χ0) is 22.8. The molecule has 0 fully saturated rings. The smallest absolute Gasteiger partial charge is 0.261 e. The van der Waals surface area contributed by atoms with Crippen LogP contribution < -0.4 is 16.2 Å². The number of amides is 2. The van der Waals surface area contributed by atoms with E-state index in [1.54, 1.807) is 6.92 Å². The van der Waals surface area contributed by atoms with E-state index in [0.29, 0.717) is 11.3 Å². The molecule has 0 aliphatic heterocycles. The van der Waals surface area contributed by atoms with Gasteiger partial charge in [-0.3, -0.25) is 19.0 Å². The lowest BCUT2D eigenvalue weighted by Gasteiger charge is -2.11. The van der Waals surface area contributed by atoms with E-state index in [1.807, 2.05) is 0 Å². The fourth-order valence-corrected chi connectivity index (χ4v) is 3.11. The highest BCUT2D eigenvalue weighted by Gasteiger charge is 2.15. The monoisotopic (exact) mass is 438 g/mol. The second-order valence-corrected chi connectivity index (χ2v) is 6.93. The minimum absolute atomic E-state index is 0.0432. The minimum atomic E-state index is -0.700. The Hall–Kier alpha value is -4.34. The lowest BCUT2D eigenvalue weighted by molar-refractivity contribution is -0.116. The van der Waals surface area contributed by atoms with Gasteiger partial charge in [-0.1, -0.05) is 0 Å². The molecule has 10 heteroatoms. The fraction of sp³-hybridized carbons (Fsp3) is 0.0909. The van der Waals surface area contributed by atoms with Crippen molar-refractivity contribution in [1.82, 2.24) is 9.55 Å². The van der Waals surface area contributed by atoms with Crippen LogP contribution in [0.4, 0.5) is 20.2 Å². The molecule has 0 bridgehead atoms. The largest absolute Gasteiger partial charge is 0.469 e. The Morgan fingerprint density at radius 3 is 2.66 bits per heavy atom. The molecule has 2 aromatic carbocycles. The maximum atomic E-state index is 14.2. The number of hydrogen-bond donors (Lipinski definition) is 2. The van der Waals surface area contributed by atoms with Crippen LogP contribution >= 0.6 is 0 Å². The molecule has 0 radical (unpaired) electrons. The summed E-state index contributed by atoms with van der Waals surface area (Å²) in [6, 6.07) is 8.70. The highest BCUT2D eigenvalue weighted by atomic mass is 19.1. The molecule has 8 nitrogen and oxygen atoms in total. The third-order valence-electron chi connectivity index (χ3n) is 4.70. The van der Waals surface area contributed by atoms with Gasteiger partial charge in [-0.2, -0.15) is 0 Å². The van der Waals surface area contributed by atoms with Crippen molar-refractivity contribution in [2.24, 2.45) is 0 Å². The number of furan rings is 1. The lowest BCUT2D eigenvalue weighted by atomic mass is 10.2. The van der Waals surface area contributed by atoms with Crippen LogP contribution in [-0.4, -0.2) is 21.4 Å². The van der Waals surface area contributed by atoms with Crippen LogP contribution in [0.1, 0.15) is 16.1 Å². The van der Waals surface area contributed by atoms with Gasteiger partial charge in [0.25, 0.3) is 11.5 Å². The highest BCUT2D eigenvalue weighted by molar-refractivity contribution is 6.05. The van der Waals surface area contributed by atoms with E-state index in [0.717, 1.165) is 16.7 Å². The summed E-state index contributed by atoms with van der Waals surface area (Å²) in [5.74, 6) is -2.08. The number of aromatic nitrogens is 2. The molecular weight excluding hydrogens is 422 g/mol. The standard InChI is InChI=1S/C22H16F2N4O4/c1-12-15(6-7-32-12)21(30)27-19-9-14(3-4-17(19)24)26-20(29)10-28-11-25-18-5-2-13(23)8-16(18)22(28)31/h2-9,11H,10H2,1H3,(H,26,29)(H,27,30). The van der Waals surface area contributed by atoms with Gasteiger partial charge in [0.05, 0.1) is 34.7 Å². The number of anilines is 2. The summed E-state index contributed by atoms with van der Waals surface area (Å²) in [7, 11) is 0. The van der Waals surface area contributed by atoms with Gasteiger partial charge >= 0.3 is 0 Å². The Kier molecular flexibility index (Phi) is 5.50. The molecule has 2 aromatic heterocycles. The van der Waals surface area contributed by atoms with E-state index < -0.39 is 35.6 Å². The first-order valence-electron chi connectivity index (χ1n) is 9.41. The van der Waals surface area contributed by atoms with Crippen LogP contribution in [0.2, 0.25) is 0 Å². The fourth-order valence-electron chi connectivity index (χ4n) is 3.11. The van der Waals surface area contributed by atoms with Gasteiger partial charge in [-0.05, 0) is 49.4 Å². The van der Waals surface area contributed by atoms with Crippen molar-refractivity contribution < 1.29 is 22.8 Å². The SMILES string of the molecule is Cc1occc1C(=O)Nc1cc(NC(=O)Cn2cnc3ccc(F)cc3c2=O)ccc1F. The number of nitrogens with zero attached hydrogens (tertiary/aromatic N) is 2. The van der Waals surface area contributed by atoms with Crippen molar-refractivity contribution in [3.8, 4) is 0 Å². The number of fused-ring (bicyclic) bond motifs is 1. The van der Waals surface area contributed by atoms with Gasteiger partial charge in [0.2, 0.25) is 5.91 Å². The van der Waals surface area contributed by atoms with Gasteiger partial charge in [0.1, 0.15) is 23.9 Å². The number of halogens is 2. The topological polar surface area (TPSA) is 106 Å². The molecule has 0 aliphatic rings. The Balaban J connectivity index is 1.50. The van der Waals surface area contributed by atoms with Gasteiger partial charge in [-0.15, -0.1) is 0 Å². The summed E-state index contributed by atoms with van der Waals surface area (Å²) in [5, 5.41) is 5.00. The summed E-state index contributed by atoms with van der Waals surface area (Å²) >= 11 is 0. The summed E-state index contributed by atoms with van der Waals surface area (Å²) in [6.07, 6.45) is 2.53. The highest BCUT2D eigenvalue weighted by Crippen LogP contribution is 2.21. The molecule has 0 aliphatic carbocycles. The van der Waals surface area contributed by atoms with Crippen molar-refractivity contribution in [2.45, 2.75) is 13.5 Å². The summed E-state index contributed by atoms with van der Waals surface area (Å²) in [6.45, 7) is 1.20. The van der Waals surface area contributed by atoms with Gasteiger partial charge < -0.3 is 15.1 Å². The molecule has 0 unspecified atom stereocenters. The van der Waals surface area contributed by atoms with Crippen LogP contribution in [0.15, 0.2) is 64.3 Å². The number of rotatable bonds is 5. The van der Waals surface area contributed by atoms with Crippen molar-refractivity contribution in [3.63, 3.8) is 0 Å². The molecule has 0 atom stereocenters. The molecule has 2 amide bonds. The van der Waals surface area contributed by atoms with E-state index in [4.69, 9.17) is 4.42 Å². The summed E-state index contributed by atoms with van der Waals surface area (Å²) in [4.78, 5) is 41.3. The molecule has 0 spiro atoms. The molecule has 2 N–H and O–H groups in total. The zero-order valence-corrected chi connectivity index (χ0v) is 16.7. The van der Waals surface area contributed by atoms with E-state index in [2.05, 4.69) is 15.6 Å². The number of hydrogen-bond acceptors (Lipinski definition) is 5. The summed E-state index contributed by atoms with van der Waals surface area (Å²) < 4.78 is 33.7. The second-order valence-electron chi connectivity index (χ2n) is 6.93. The first kappa shape index (κ1) is 20.9. The Morgan fingerprint density at radius 2 is 1.91 bits per heavy atom. The van der Waals surface area contributed by atoms with Crippen LogP contribution in [0.25, 0.3) is 10.9 Å². The third kappa shape index (κ3) is 4.24. The normalized spacial score (nSPS) is 10.8. The Bertz CT molecular complexity index is 1410. The van der Waals surface area contributed by atoms with Crippen molar-refractivity contribution in [2.75, 3.05) is 10.6 Å². The second kappa shape index (κ2) is 8.42. The molecular formula is C22H16F2N4O4. The quantitative estimate of drug-likeness (QED) is 0.496. The number of carbonyl (C=O) groups excluding carboxylic acids is 2. The van der Waals surface area contributed by atoms with Crippen LogP contribution in [-0.2, 0) is 11.3 Å². The predicted molar refractivity (Wildman–Crippen MR) is 112 cm³/mol. The summed E-state index contributed by atoms with van der Waals surface area (Å²) in [5.41, 5.74) is 0.0300. The van der Waals surface area contributed by atoms with Crippen LogP contribution in [0.3, 0.4) is 0 Å². The number of aryl methyl sites for hydroxylation is 1. The average molecular weight is 438 g/mol.